The normalized spacial score (nSPS) is 12.1. The smallest absolute Gasteiger partial charge is 0.0645 e. The third-order valence-electron chi connectivity index (χ3n) is 10.8. The maximum atomic E-state index is 9.51. The van der Waals surface area contributed by atoms with E-state index in [1.165, 1.54) is 59.7 Å². The molecule has 2 heteroatoms. The van der Waals surface area contributed by atoms with E-state index < -0.39 is 0 Å². The molecule has 2 aromatic heterocycles. The molecule has 0 amide bonds. The van der Waals surface area contributed by atoms with E-state index in [9.17, 15) is 1.37 Å². The number of nitrogens with zero attached hydrogens (tertiary/aromatic N) is 2. The summed E-state index contributed by atoms with van der Waals surface area (Å²) in [6.45, 7) is 0. The molecule has 11 rings (SSSR count). The SMILES string of the molecule is [2H]c1cc(-c2cccc3ccccc23)ccc1-n1c2ccccc2c2cc3c4c5ccccc5ccc4n(-c4ccccc4-c4ccccc4)c3cc21. The van der Waals surface area contributed by atoms with Gasteiger partial charge in [0.05, 0.1) is 29.1 Å². The predicted molar refractivity (Wildman–Crippen MR) is 221 cm³/mol. The number of fused-ring (bicyclic) bond motifs is 9. The molecule has 0 saturated heterocycles. The molecule has 0 fully saturated rings. The number of hydrogen-bond donors (Lipinski definition) is 0. The minimum Gasteiger partial charge on any atom is -0.309 e. The molecule has 242 valence electrons. The van der Waals surface area contributed by atoms with Crippen LogP contribution < -0.4 is 0 Å². The lowest BCUT2D eigenvalue weighted by atomic mass is 9.98. The van der Waals surface area contributed by atoms with Crippen molar-refractivity contribution >= 4 is 65.2 Å². The number of aromatic nitrogens is 2. The van der Waals surface area contributed by atoms with Crippen molar-refractivity contribution in [2.75, 3.05) is 0 Å². The summed E-state index contributed by atoms with van der Waals surface area (Å²) in [5, 5.41) is 9.67. The van der Waals surface area contributed by atoms with Crippen molar-refractivity contribution in [3.8, 4) is 33.6 Å². The molecule has 0 saturated carbocycles. The van der Waals surface area contributed by atoms with Gasteiger partial charge in [0.15, 0.2) is 0 Å². The van der Waals surface area contributed by atoms with Gasteiger partial charge >= 0.3 is 0 Å². The van der Waals surface area contributed by atoms with Crippen molar-refractivity contribution in [1.82, 2.24) is 9.13 Å². The van der Waals surface area contributed by atoms with Crippen LogP contribution in [-0.2, 0) is 0 Å². The summed E-state index contributed by atoms with van der Waals surface area (Å²) in [5.74, 6) is 0. The quantitative estimate of drug-likeness (QED) is 0.178. The Kier molecular flexibility index (Phi) is 6.06. The van der Waals surface area contributed by atoms with E-state index in [0.717, 1.165) is 39.1 Å². The summed E-state index contributed by atoms with van der Waals surface area (Å²) in [6.07, 6.45) is 0. The lowest BCUT2D eigenvalue weighted by molar-refractivity contribution is 1.17. The van der Waals surface area contributed by atoms with Gasteiger partial charge in [-0.3, -0.25) is 0 Å². The minimum atomic E-state index is 0.485. The van der Waals surface area contributed by atoms with Gasteiger partial charge in [-0.1, -0.05) is 152 Å². The first-order valence-corrected chi connectivity index (χ1v) is 17.9. The first-order valence-electron chi connectivity index (χ1n) is 18.4. The van der Waals surface area contributed by atoms with Crippen LogP contribution in [0.15, 0.2) is 194 Å². The molecule has 2 nitrogen and oxygen atoms in total. The highest BCUT2D eigenvalue weighted by Gasteiger charge is 2.21. The second kappa shape index (κ2) is 11.3. The largest absolute Gasteiger partial charge is 0.309 e. The number of hydrogen-bond acceptors (Lipinski definition) is 0. The fourth-order valence-electron chi connectivity index (χ4n) is 8.50. The van der Waals surface area contributed by atoms with Crippen molar-refractivity contribution in [3.63, 3.8) is 0 Å². The molecule has 9 aromatic carbocycles. The third kappa shape index (κ3) is 4.25. The second-order valence-electron chi connectivity index (χ2n) is 13.6. The van der Waals surface area contributed by atoms with E-state index >= 15 is 0 Å². The van der Waals surface area contributed by atoms with Crippen LogP contribution in [-0.4, -0.2) is 9.13 Å². The van der Waals surface area contributed by atoms with Crippen LogP contribution in [0, 0.1) is 0 Å². The van der Waals surface area contributed by atoms with Gasteiger partial charge in [0.1, 0.15) is 0 Å². The maximum absolute atomic E-state index is 9.51. The molecule has 2 heterocycles. The Bertz CT molecular complexity index is 3230. The average Bonchev–Trinajstić information content (AvgIpc) is 3.72. The lowest BCUT2D eigenvalue weighted by Crippen LogP contribution is -1.98. The highest BCUT2D eigenvalue weighted by atomic mass is 15.0. The van der Waals surface area contributed by atoms with E-state index in [2.05, 4.69) is 191 Å². The number of rotatable bonds is 4. The van der Waals surface area contributed by atoms with Crippen LogP contribution in [0.2, 0.25) is 0 Å². The van der Waals surface area contributed by atoms with Crippen molar-refractivity contribution < 1.29 is 1.37 Å². The Morgan fingerprint density at radius 1 is 0.346 bits per heavy atom. The first kappa shape index (κ1) is 27.9. The molecular weight excluding hydrogens is 629 g/mol. The topological polar surface area (TPSA) is 9.86 Å². The van der Waals surface area contributed by atoms with Gasteiger partial charge in [0, 0.05) is 32.8 Å². The minimum absolute atomic E-state index is 0.485. The zero-order chi connectivity index (χ0) is 35.0. The predicted octanol–water partition coefficient (Wildman–Crippen LogP) is 13.5. The van der Waals surface area contributed by atoms with Gasteiger partial charge in [-0.05, 0) is 80.7 Å². The summed E-state index contributed by atoms with van der Waals surface area (Å²) >= 11 is 0. The molecule has 11 aromatic rings. The van der Waals surface area contributed by atoms with E-state index in [0.29, 0.717) is 6.04 Å². The molecule has 0 spiro atoms. The summed E-state index contributed by atoms with van der Waals surface area (Å²) < 4.78 is 14.3. The standard InChI is InChI=1S/C50H32N2/c1-2-13-34(14-3-1)40-19-8-10-23-45(40)52-47-30-27-35-16-5-7-20-41(35)50(47)44-31-43-42-21-9-11-24-46(42)51(48(43)32-49(44)52)37-28-25-36(26-29-37)39-22-12-17-33-15-4-6-18-38(33)39/h1-32H/i28D. The number of para-hydroxylation sites is 2. The van der Waals surface area contributed by atoms with Crippen LogP contribution >= 0.6 is 0 Å². The van der Waals surface area contributed by atoms with Gasteiger partial charge in [-0.2, -0.15) is 0 Å². The Labute approximate surface area is 302 Å². The monoisotopic (exact) mass is 661 g/mol. The summed E-state index contributed by atoms with van der Waals surface area (Å²) in [4.78, 5) is 0. The molecule has 0 aliphatic rings. The molecule has 0 unspecified atom stereocenters. The fourth-order valence-corrected chi connectivity index (χ4v) is 8.50. The van der Waals surface area contributed by atoms with Gasteiger partial charge in [-0.15, -0.1) is 0 Å². The van der Waals surface area contributed by atoms with Gasteiger partial charge in [0.2, 0.25) is 0 Å². The van der Waals surface area contributed by atoms with Gasteiger partial charge in [0.25, 0.3) is 0 Å². The summed E-state index contributed by atoms with van der Waals surface area (Å²) in [7, 11) is 0. The molecule has 0 aliphatic carbocycles. The second-order valence-corrected chi connectivity index (χ2v) is 13.6. The van der Waals surface area contributed by atoms with E-state index in [-0.39, 0.29) is 0 Å². The number of benzene rings is 9. The van der Waals surface area contributed by atoms with Crippen LogP contribution in [0.4, 0.5) is 0 Å². The zero-order valence-corrected chi connectivity index (χ0v) is 28.3. The molecular formula is C50H32N2. The zero-order valence-electron chi connectivity index (χ0n) is 29.3. The molecule has 52 heavy (non-hydrogen) atoms. The Morgan fingerprint density at radius 2 is 1.00 bits per heavy atom. The molecule has 0 atom stereocenters. The van der Waals surface area contributed by atoms with Crippen molar-refractivity contribution in [1.29, 1.82) is 0 Å². The van der Waals surface area contributed by atoms with E-state index in [4.69, 9.17) is 0 Å². The van der Waals surface area contributed by atoms with Crippen LogP contribution in [0.25, 0.3) is 98.8 Å². The van der Waals surface area contributed by atoms with Gasteiger partial charge in [-0.25, -0.2) is 0 Å². The average molecular weight is 662 g/mol. The third-order valence-corrected chi connectivity index (χ3v) is 10.8. The highest BCUT2D eigenvalue weighted by molar-refractivity contribution is 6.25. The van der Waals surface area contributed by atoms with Crippen molar-refractivity contribution in [3.05, 3.63) is 194 Å². The van der Waals surface area contributed by atoms with Crippen molar-refractivity contribution in [2.24, 2.45) is 0 Å². The molecule has 0 aliphatic heterocycles. The first-order chi connectivity index (χ1) is 26.2. The van der Waals surface area contributed by atoms with Gasteiger partial charge < -0.3 is 9.13 Å². The Balaban J connectivity index is 1.23. The van der Waals surface area contributed by atoms with Crippen LogP contribution in [0.3, 0.4) is 0 Å². The molecule has 0 bridgehead atoms. The van der Waals surface area contributed by atoms with E-state index in [1.807, 2.05) is 6.07 Å². The Hall–Kier alpha value is -6.90. The fraction of sp³-hybridized carbons (Fsp3) is 0. The Morgan fingerprint density at radius 3 is 1.87 bits per heavy atom. The summed E-state index contributed by atoms with van der Waals surface area (Å²) in [6, 6.07) is 67.7. The molecule has 0 N–H and O–H groups in total. The van der Waals surface area contributed by atoms with E-state index in [1.54, 1.807) is 0 Å². The maximum Gasteiger partial charge on any atom is 0.0645 e. The highest BCUT2D eigenvalue weighted by Crippen LogP contribution is 2.43. The summed E-state index contributed by atoms with van der Waals surface area (Å²) in [5.41, 5.74) is 11.0. The van der Waals surface area contributed by atoms with Crippen LogP contribution in [0.5, 0.6) is 0 Å². The van der Waals surface area contributed by atoms with Crippen LogP contribution in [0.1, 0.15) is 1.37 Å². The van der Waals surface area contributed by atoms with Crippen molar-refractivity contribution in [2.45, 2.75) is 0 Å². The lowest BCUT2D eigenvalue weighted by Gasteiger charge is -2.15. The molecule has 0 radical (unpaired) electrons.